The average Bonchev–Trinajstić information content (AvgIpc) is 1.94. The first kappa shape index (κ1) is 7.60. The van der Waals surface area contributed by atoms with Crippen LogP contribution < -0.4 is 0 Å². The van der Waals surface area contributed by atoms with Crippen molar-refractivity contribution in [3.63, 3.8) is 0 Å². The lowest BCUT2D eigenvalue weighted by molar-refractivity contribution is -0.282. The summed E-state index contributed by atoms with van der Waals surface area (Å²) < 4.78 is 0. The second-order valence-electron chi connectivity index (χ2n) is 4.99. The third-order valence-corrected chi connectivity index (χ3v) is 4.41. The van der Waals surface area contributed by atoms with E-state index in [4.69, 9.17) is 0 Å². The molecule has 1 radical (unpaired) electrons. The van der Waals surface area contributed by atoms with E-state index < -0.39 is 5.60 Å². The van der Waals surface area contributed by atoms with E-state index >= 15 is 0 Å². The highest BCUT2D eigenvalue weighted by Crippen LogP contribution is 2.64. The number of fused-ring (bicyclic) bond motifs is 2. The summed E-state index contributed by atoms with van der Waals surface area (Å²) in [5.41, 5.74) is -0.486. The number of hydrogen-bond donors (Lipinski definition) is 0. The molecule has 0 aliphatic heterocycles. The van der Waals surface area contributed by atoms with E-state index in [0.29, 0.717) is 5.92 Å². The van der Waals surface area contributed by atoms with Gasteiger partial charge >= 0.3 is 0 Å². The Morgan fingerprint density at radius 1 is 1.27 bits per heavy atom. The van der Waals surface area contributed by atoms with Crippen LogP contribution in [0.3, 0.4) is 0 Å². The Kier molecular flexibility index (Phi) is 1.26. The first-order valence-corrected chi connectivity index (χ1v) is 4.69. The molecule has 3 aliphatic rings. The summed E-state index contributed by atoms with van der Waals surface area (Å²) in [6, 6.07) is 0. The molecule has 1 nitrogen and oxygen atoms in total. The molecular formula is C10H17O. The molecule has 63 valence electrons. The van der Waals surface area contributed by atoms with Crippen LogP contribution in [0.4, 0.5) is 0 Å². The Morgan fingerprint density at radius 3 is 2.27 bits per heavy atom. The van der Waals surface area contributed by atoms with Crippen LogP contribution >= 0.6 is 0 Å². The van der Waals surface area contributed by atoms with Gasteiger partial charge in [-0.15, -0.1) is 0 Å². The van der Waals surface area contributed by atoms with Crippen LogP contribution in [0.25, 0.3) is 0 Å². The van der Waals surface area contributed by atoms with Gasteiger partial charge in [0.05, 0.1) is 0 Å². The predicted molar refractivity (Wildman–Crippen MR) is 43.7 cm³/mol. The normalized spacial score (nSPS) is 53.5. The zero-order chi connectivity index (χ0) is 8.28. The first-order valence-electron chi connectivity index (χ1n) is 4.69. The molecule has 0 N–H and O–H groups in total. The summed E-state index contributed by atoms with van der Waals surface area (Å²) in [5, 5.41) is 12.2. The fourth-order valence-corrected chi connectivity index (χ4v) is 3.08. The van der Waals surface area contributed by atoms with Crippen molar-refractivity contribution in [3.8, 4) is 0 Å². The summed E-state index contributed by atoms with van der Waals surface area (Å²) in [7, 11) is 0. The Bertz CT molecular complexity index is 185. The van der Waals surface area contributed by atoms with Crippen LogP contribution in [-0.4, -0.2) is 5.60 Å². The quantitative estimate of drug-likeness (QED) is 0.510. The highest BCUT2D eigenvalue weighted by Gasteiger charge is 2.65. The Hall–Kier alpha value is -0.0400. The monoisotopic (exact) mass is 153 g/mol. The van der Waals surface area contributed by atoms with Gasteiger partial charge in [0, 0.05) is 5.41 Å². The molecule has 1 heteroatoms. The SMILES string of the molecule is CC1CCC2CC1([O])C2(C)C. The third kappa shape index (κ3) is 0.658. The van der Waals surface area contributed by atoms with Crippen molar-refractivity contribution in [2.75, 3.05) is 0 Å². The minimum atomic E-state index is -0.573. The van der Waals surface area contributed by atoms with E-state index in [2.05, 4.69) is 20.8 Å². The van der Waals surface area contributed by atoms with Gasteiger partial charge in [0.1, 0.15) is 5.60 Å². The van der Waals surface area contributed by atoms with Gasteiger partial charge in [0.15, 0.2) is 0 Å². The van der Waals surface area contributed by atoms with Gasteiger partial charge in [0.25, 0.3) is 0 Å². The summed E-state index contributed by atoms with van der Waals surface area (Å²) in [6.07, 6.45) is 3.40. The fourth-order valence-electron chi connectivity index (χ4n) is 3.08. The molecule has 3 saturated carbocycles. The maximum absolute atomic E-state index is 12.2. The van der Waals surface area contributed by atoms with Gasteiger partial charge in [-0.2, -0.15) is 0 Å². The predicted octanol–water partition coefficient (Wildman–Crippen LogP) is 2.63. The minimum absolute atomic E-state index is 0.0880. The van der Waals surface area contributed by atoms with Crippen LogP contribution in [0.2, 0.25) is 0 Å². The lowest BCUT2D eigenvalue weighted by Gasteiger charge is -2.63. The van der Waals surface area contributed by atoms with Gasteiger partial charge in [-0.3, -0.25) is 0 Å². The Labute approximate surface area is 68.8 Å². The van der Waals surface area contributed by atoms with Gasteiger partial charge in [-0.05, 0) is 31.1 Å². The van der Waals surface area contributed by atoms with E-state index in [-0.39, 0.29) is 5.41 Å². The Balaban J connectivity index is 2.28. The molecule has 0 amide bonds. The molecule has 0 saturated heterocycles. The standard InChI is InChI=1S/C10H17O/c1-7-4-5-8-6-10(7,11)9(8,2)3/h7-8H,4-6H2,1-3H3. The van der Waals surface area contributed by atoms with Crippen LogP contribution in [0.15, 0.2) is 0 Å². The molecule has 0 spiro atoms. The van der Waals surface area contributed by atoms with E-state index in [9.17, 15) is 5.11 Å². The van der Waals surface area contributed by atoms with Crippen molar-refractivity contribution in [3.05, 3.63) is 0 Å². The fraction of sp³-hybridized carbons (Fsp3) is 1.00. The van der Waals surface area contributed by atoms with E-state index in [1.165, 1.54) is 6.42 Å². The first-order chi connectivity index (χ1) is 4.98. The second kappa shape index (κ2) is 1.82. The van der Waals surface area contributed by atoms with Crippen molar-refractivity contribution in [2.45, 2.75) is 45.6 Å². The van der Waals surface area contributed by atoms with Gasteiger partial charge in [-0.25, -0.2) is 5.11 Å². The summed E-state index contributed by atoms with van der Waals surface area (Å²) in [4.78, 5) is 0. The summed E-state index contributed by atoms with van der Waals surface area (Å²) in [6.45, 7) is 6.44. The van der Waals surface area contributed by atoms with Gasteiger partial charge < -0.3 is 0 Å². The molecular weight excluding hydrogens is 136 g/mol. The molecule has 0 aromatic carbocycles. The second-order valence-corrected chi connectivity index (χ2v) is 4.99. The zero-order valence-electron chi connectivity index (χ0n) is 7.68. The molecule has 3 atom stereocenters. The van der Waals surface area contributed by atoms with E-state index in [1.54, 1.807) is 0 Å². The molecule has 3 unspecified atom stereocenters. The van der Waals surface area contributed by atoms with Crippen molar-refractivity contribution in [2.24, 2.45) is 17.3 Å². The van der Waals surface area contributed by atoms with Gasteiger partial charge in [0.2, 0.25) is 0 Å². The van der Waals surface area contributed by atoms with Crippen LogP contribution in [-0.2, 0) is 5.11 Å². The third-order valence-electron chi connectivity index (χ3n) is 4.41. The highest BCUT2D eigenvalue weighted by atomic mass is 16.3. The topological polar surface area (TPSA) is 19.9 Å². The van der Waals surface area contributed by atoms with Crippen molar-refractivity contribution >= 4 is 0 Å². The zero-order valence-corrected chi connectivity index (χ0v) is 7.68. The maximum atomic E-state index is 12.2. The molecule has 2 bridgehead atoms. The van der Waals surface area contributed by atoms with Crippen LogP contribution in [0.1, 0.15) is 40.0 Å². The molecule has 0 aromatic heterocycles. The van der Waals surface area contributed by atoms with Gasteiger partial charge in [-0.1, -0.05) is 20.8 Å². The largest absolute Gasteiger partial charge is 0.229 e. The van der Waals surface area contributed by atoms with E-state index in [0.717, 1.165) is 18.8 Å². The highest BCUT2D eigenvalue weighted by molar-refractivity contribution is 5.13. The smallest absolute Gasteiger partial charge is 0.112 e. The Morgan fingerprint density at radius 2 is 1.91 bits per heavy atom. The molecule has 0 aromatic rings. The molecule has 3 fully saturated rings. The number of hydrogen-bond acceptors (Lipinski definition) is 0. The van der Waals surface area contributed by atoms with E-state index in [1.807, 2.05) is 0 Å². The molecule has 3 aliphatic carbocycles. The number of rotatable bonds is 0. The summed E-state index contributed by atoms with van der Waals surface area (Å²) >= 11 is 0. The van der Waals surface area contributed by atoms with Crippen LogP contribution in [0.5, 0.6) is 0 Å². The van der Waals surface area contributed by atoms with Crippen molar-refractivity contribution < 1.29 is 5.11 Å². The average molecular weight is 153 g/mol. The van der Waals surface area contributed by atoms with Crippen molar-refractivity contribution in [1.29, 1.82) is 0 Å². The maximum Gasteiger partial charge on any atom is 0.112 e. The lowest BCUT2D eigenvalue weighted by Crippen LogP contribution is -2.66. The lowest BCUT2D eigenvalue weighted by atomic mass is 9.43. The molecule has 3 rings (SSSR count). The summed E-state index contributed by atoms with van der Waals surface area (Å²) in [5.74, 6) is 1.14. The molecule has 11 heavy (non-hydrogen) atoms. The molecule has 0 heterocycles. The van der Waals surface area contributed by atoms with Crippen molar-refractivity contribution in [1.82, 2.24) is 0 Å². The minimum Gasteiger partial charge on any atom is -0.229 e. The van der Waals surface area contributed by atoms with Crippen LogP contribution in [0, 0.1) is 17.3 Å².